The number of allylic oxidation sites excluding steroid dienone is 1. The Morgan fingerprint density at radius 1 is 1.03 bits per heavy atom. The van der Waals surface area contributed by atoms with Gasteiger partial charge in [-0.15, -0.1) is 22.3 Å². The van der Waals surface area contributed by atoms with Crippen LogP contribution in [0.1, 0.15) is 15.9 Å². The van der Waals surface area contributed by atoms with Gasteiger partial charge in [-0.3, -0.25) is 0 Å². The molecule has 4 rings (SSSR count). The minimum absolute atomic E-state index is 0.141. The third kappa shape index (κ3) is 5.24. The Labute approximate surface area is 202 Å². The summed E-state index contributed by atoms with van der Waals surface area (Å²) in [5.74, 6) is -0.0250. The van der Waals surface area contributed by atoms with Crippen LogP contribution >= 0.6 is 11.3 Å². The summed E-state index contributed by atoms with van der Waals surface area (Å²) in [7, 11) is -3.86. The lowest BCUT2D eigenvalue weighted by Gasteiger charge is -2.08. The van der Waals surface area contributed by atoms with Crippen molar-refractivity contribution in [2.75, 3.05) is 0 Å². The fourth-order valence-electron chi connectivity index (χ4n) is 3.24. The molecule has 0 bridgehead atoms. The highest BCUT2D eigenvalue weighted by Gasteiger charge is 2.15. The van der Waals surface area contributed by atoms with Gasteiger partial charge < -0.3 is 9.30 Å². The third-order valence-electron chi connectivity index (χ3n) is 5.00. The molecule has 0 saturated heterocycles. The van der Waals surface area contributed by atoms with E-state index in [0.717, 1.165) is 16.8 Å². The quantitative estimate of drug-likeness (QED) is 0.202. The SMILES string of the molecule is C=CCn1c(-c2ccc(OC(=O)c3ccccc3)cc2)csc1=NS(=O)(=O)c1ccc(C)cc1. The predicted molar refractivity (Wildman–Crippen MR) is 133 cm³/mol. The highest BCUT2D eigenvalue weighted by atomic mass is 32.2. The summed E-state index contributed by atoms with van der Waals surface area (Å²) in [6, 6.07) is 22.4. The summed E-state index contributed by atoms with van der Waals surface area (Å²) in [4.78, 5) is 12.8. The first kappa shape index (κ1) is 23.4. The summed E-state index contributed by atoms with van der Waals surface area (Å²) >= 11 is 1.23. The molecule has 0 aliphatic carbocycles. The lowest BCUT2D eigenvalue weighted by Crippen LogP contribution is -2.17. The molecule has 0 fully saturated rings. The molecule has 1 aromatic heterocycles. The zero-order chi connectivity index (χ0) is 24.1. The number of hydrogen-bond donors (Lipinski definition) is 0. The molecule has 0 unspecified atom stereocenters. The molecule has 0 amide bonds. The Kier molecular flexibility index (Phi) is 6.90. The zero-order valence-corrected chi connectivity index (χ0v) is 20.1. The van der Waals surface area contributed by atoms with E-state index in [-0.39, 0.29) is 4.90 Å². The lowest BCUT2D eigenvalue weighted by molar-refractivity contribution is 0.0734. The number of sulfonamides is 1. The topological polar surface area (TPSA) is 77.7 Å². The van der Waals surface area contributed by atoms with Crippen LogP contribution in [0, 0.1) is 6.92 Å². The molecule has 3 aromatic carbocycles. The first-order chi connectivity index (χ1) is 16.4. The number of nitrogens with zero attached hydrogens (tertiary/aromatic N) is 2. The van der Waals surface area contributed by atoms with E-state index in [1.54, 1.807) is 71.3 Å². The number of rotatable bonds is 7. The van der Waals surface area contributed by atoms with Crippen molar-refractivity contribution in [1.29, 1.82) is 0 Å². The number of aryl methyl sites for hydroxylation is 1. The predicted octanol–water partition coefficient (Wildman–Crippen LogP) is 5.22. The van der Waals surface area contributed by atoms with Gasteiger partial charge in [0.05, 0.1) is 16.2 Å². The summed E-state index contributed by atoms with van der Waals surface area (Å²) in [5.41, 5.74) is 3.04. The van der Waals surface area contributed by atoms with Crippen LogP contribution in [0.3, 0.4) is 0 Å². The fourth-order valence-corrected chi connectivity index (χ4v) is 5.38. The Morgan fingerprint density at radius 2 is 1.71 bits per heavy atom. The minimum Gasteiger partial charge on any atom is -0.423 e. The van der Waals surface area contributed by atoms with Gasteiger partial charge >= 0.3 is 5.97 Å². The molecule has 0 radical (unpaired) electrons. The van der Waals surface area contributed by atoms with Gasteiger partial charge in [-0.25, -0.2) is 4.79 Å². The molecule has 0 atom stereocenters. The average Bonchev–Trinajstić information content (AvgIpc) is 3.22. The number of ether oxygens (including phenoxy) is 1. The molecule has 0 aliphatic rings. The van der Waals surface area contributed by atoms with E-state index in [9.17, 15) is 13.2 Å². The van der Waals surface area contributed by atoms with Gasteiger partial charge in [0.25, 0.3) is 10.0 Å². The molecular formula is C26H22N2O4S2. The molecule has 4 aromatic rings. The standard InChI is InChI=1S/C26H22N2O4S2/c1-3-17-28-24(18-33-26(28)27-34(30,31)23-15-9-19(2)10-16-23)20-11-13-22(14-12-20)32-25(29)21-7-5-4-6-8-21/h3-16,18H,1,17H2,2H3. The van der Waals surface area contributed by atoms with Crippen molar-refractivity contribution in [2.24, 2.45) is 4.40 Å². The number of thiazole rings is 1. The second kappa shape index (κ2) is 10.0. The maximum atomic E-state index is 12.8. The maximum absolute atomic E-state index is 12.8. The molecule has 1 heterocycles. The van der Waals surface area contributed by atoms with Gasteiger partial charge in [-0.1, -0.05) is 42.0 Å². The van der Waals surface area contributed by atoms with E-state index in [1.165, 1.54) is 11.3 Å². The first-order valence-corrected chi connectivity index (χ1v) is 12.7. The smallest absolute Gasteiger partial charge is 0.343 e. The lowest BCUT2D eigenvalue weighted by atomic mass is 10.1. The van der Waals surface area contributed by atoms with Gasteiger partial charge in [0.2, 0.25) is 4.80 Å². The molecule has 34 heavy (non-hydrogen) atoms. The van der Waals surface area contributed by atoms with E-state index in [0.29, 0.717) is 22.7 Å². The Morgan fingerprint density at radius 3 is 2.35 bits per heavy atom. The van der Waals surface area contributed by atoms with E-state index >= 15 is 0 Å². The van der Waals surface area contributed by atoms with Crippen molar-refractivity contribution in [3.05, 3.63) is 113 Å². The van der Waals surface area contributed by atoms with E-state index in [4.69, 9.17) is 4.74 Å². The Hall–Kier alpha value is -3.75. The third-order valence-corrected chi connectivity index (χ3v) is 7.26. The van der Waals surface area contributed by atoms with Gasteiger partial charge in [0.1, 0.15) is 5.75 Å². The van der Waals surface area contributed by atoms with E-state index in [2.05, 4.69) is 11.0 Å². The van der Waals surface area contributed by atoms with Gasteiger partial charge in [-0.05, 0) is 61.0 Å². The van der Waals surface area contributed by atoms with Crippen molar-refractivity contribution in [3.8, 4) is 17.0 Å². The zero-order valence-electron chi connectivity index (χ0n) is 18.4. The van der Waals surface area contributed by atoms with Gasteiger partial charge in [-0.2, -0.15) is 8.42 Å². The van der Waals surface area contributed by atoms with E-state index in [1.807, 2.05) is 30.5 Å². The van der Waals surface area contributed by atoms with Crippen LogP contribution in [0.25, 0.3) is 11.3 Å². The minimum atomic E-state index is -3.86. The van der Waals surface area contributed by atoms with Crippen LogP contribution in [-0.4, -0.2) is 19.0 Å². The fraction of sp³-hybridized carbons (Fsp3) is 0.0769. The van der Waals surface area contributed by atoms with Crippen LogP contribution in [0.4, 0.5) is 0 Å². The van der Waals surface area contributed by atoms with Crippen LogP contribution in [-0.2, 0) is 16.6 Å². The molecule has 0 N–H and O–H groups in total. The number of carbonyl (C=O) groups is 1. The molecule has 172 valence electrons. The normalized spacial score (nSPS) is 11.9. The number of esters is 1. The number of aromatic nitrogens is 1. The van der Waals surface area contributed by atoms with Crippen LogP contribution in [0.5, 0.6) is 5.75 Å². The Balaban J connectivity index is 1.64. The van der Waals surface area contributed by atoms with Crippen LogP contribution < -0.4 is 9.54 Å². The number of carbonyl (C=O) groups excluding carboxylic acids is 1. The molecule has 8 heteroatoms. The number of benzene rings is 3. The second-order valence-electron chi connectivity index (χ2n) is 7.46. The largest absolute Gasteiger partial charge is 0.423 e. The average molecular weight is 491 g/mol. The van der Waals surface area contributed by atoms with Gasteiger partial charge in [0, 0.05) is 11.9 Å². The Bertz CT molecular complexity index is 1480. The van der Waals surface area contributed by atoms with Crippen molar-refractivity contribution in [2.45, 2.75) is 18.4 Å². The summed E-state index contributed by atoms with van der Waals surface area (Å²) in [6.07, 6.45) is 1.68. The second-order valence-corrected chi connectivity index (χ2v) is 9.90. The molecular weight excluding hydrogens is 468 g/mol. The number of hydrogen-bond acceptors (Lipinski definition) is 5. The summed E-state index contributed by atoms with van der Waals surface area (Å²) in [6.45, 7) is 6.06. The van der Waals surface area contributed by atoms with Crippen LogP contribution in [0.2, 0.25) is 0 Å². The highest BCUT2D eigenvalue weighted by Crippen LogP contribution is 2.24. The molecule has 6 nitrogen and oxygen atoms in total. The van der Waals surface area contributed by atoms with Crippen molar-refractivity contribution < 1.29 is 17.9 Å². The van der Waals surface area contributed by atoms with Crippen LogP contribution in [0.15, 0.2) is 106 Å². The first-order valence-electron chi connectivity index (χ1n) is 10.4. The van der Waals surface area contributed by atoms with Crippen molar-refractivity contribution in [1.82, 2.24) is 4.57 Å². The van der Waals surface area contributed by atoms with E-state index < -0.39 is 16.0 Å². The summed E-state index contributed by atoms with van der Waals surface area (Å²) < 4.78 is 37.0. The monoisotopic (exact) mass is 490 g/mol. The van der Waals surface area contributed by atoms with Crippen molar-refractivity contribution >= 4 is 27.3 Å². The summed E-state index contributed by atoms with van der Waals surface area (Å²) in [5, 5.41) is 1.85. The molecule has 0 aliphatic heterocycles. The van der Waals surface area contributed by atoms with Crippen molar-refractivity contribution in [3.63, 3.8) is 0 Å². The molecule has 0 saturated carbocycles. The maximum Gasteiger partial charge on any atom is 0.343 e. The highest BCUT2D eigenvalue weighted by molar-refractivity contribution is 7.90. The van der Waals surface area contributed by atoms with Gasteiger partial charge in [0.15, 0.2) is 0 Å². The molecule has 0 spiro atoms.